The van der Waals surface area contributed by atoms with E-state index in [-0.39, 0.29) is 12.1 Å². The molecule has 1 aliphatic rings. The van der Waals surface area contributed by atoms with Crippen molar-refractivity contribution in [3.05, 3.63) is 29.6 Å². The van der Waals surface area contributed by atoms with E-state index in [9.17, 15) is 9.18 Å². The summed E-state index contributed by atoms with van der Waals surface area (Å²) < 4.78 is 24.9. The summed E-state index contributed by atoms with van der Waals surface area (Å²) in [6.45, 7) is 7.26. The van der Waals surface area contributed by atoms with E-state index in [0.29, 0.717) is 29.7 Å². The zero-order valence-electron chi connectivity index (χ0n) is 14.8. The van der Waals surface area contributed by atoms with Gasteiger partial charge in [-0.15, -0.1) is 0 Å². The molecule has 1 aliphatic heterocycles. The lowest BCUT2D eigenvalue weighted by Gasteiger charge is -2.23. The monoisotopic (exact) mass is 338 g/mol. The summed E-state index contributed by atoms with van der Waals surface area (Å²) in [4.78, 5) is 12.1. The maximum atomic E-state index is 14.0. The molecule has 0 aromatic heterocycles. The summed E-state index contributed by atoms with van der Waals surface area (Å²) in [5.41, 5.74) is 0.347. The van der Waals surface area contributed by atoms with E-state index < -0.39 is 11.9 Å². The Morgan fingerprint density at radius 2 is 2.17 bits per heavy atom. The Morgan fingerprint density at radius 1 is 1.42 bits per heavy atom. The molecule has 24 heavy (non-hydrogen) atoms. The lowest BCUT2D eigenvalue weighted by atomic mass is 9.93. The van der Waals surface area contributed by atoms with Gasteiger partial charge in [0.25, 0.3) is 0 Å². The van der Waals surface area contributed by atoms with Crippen molar-refractivity contribution in [1.29, 1.82) is 0 Å². The first kappa shape index (κ1) is 18.5. The van der Waals surface area contributed by atoms with E-state index in [0.717, 1.165) is 13.0 Å². The molecule has 2 rings (SSSR count). The van der Waals surface area contributed by atoms with Crippen LogP contribution in [0.25, 0.3) is 0 Å². The highest BCUT2D eigenvalue weighted by atomic mass is 19.1. The molecule has 134 valence electrons. The minimum absolute atomic E-state index is 0.175. The maximum absolute atomic E-state index is 14.0. The predicted octanol–water partition coefficient (Wildman–Crippen LogP) is 3.26. The van der Waals surface area contributed by atoms with Crippen LogP contribution in [0.5, 0.6) is 5.75 Å². The molecule has 0 radical (unpaired) electrons. The molecule has 2 amide bonds. The SMILES string of the molecule is COc1cccc(F)c1C(C)NC(=O)NCC1CCOC1C(C)C. The molecule has 3 unspecified atom stereocenters. The van der Waals surface area contributed by atoms with Crippen molar-refractivity contribution in [2.75, 3.05) is 20.3 Å². The zero-order valence-corrected chi connectivity index (χ0v) is 14.8. The van der Waals surface area contributed by atoms with Crippen molar-refractivity contribution in [2.45, 2.75) is 39.3 Å². The Hall–Kier alpha value is -1.82. The van der Waals surface area contributed by atoms with Gasteiger partial charge in [0.05, 0.1) is 24.8 Å². The minimum atomic E-state index is -0.498. The van der Waals surface area contributed by atoms with Crippen molar-refractivity contribution in [3.8, 4) is 5.75 Å². The number of amides is 2. The van der Waals surface area contributed by atoms with Crippen molar-refractivity contribution in [2.24, 2.45) is 11.8 Å². The highest BCUT2D eigenvalue weighted by Crippen LogP contribution is 2.28. The Kier molecular flexibility index (Phi) is 6.43. The van der Waals surface area contributed by atoms with Gasteiger partial charge in [-0.25, -0.2) is 9.18 Å². The van der Waals surface area contributed by atoms with Gasteiger partial charge in [0, 0.05) is 19.1 Å². The standard InChI is InChI=1S/C18H27FN2O3/c1-11(2)17-13(8-9-24-17)10-20-18(22)21-12(3)16-14(19)6-5-7-15(16)23-4/h5-7,11-13,17H,8-10H2,1-4H3,(H2,20,21,22). The van der Waals surface area contributed by atoms with Gasteiger partial charge in [-0.1, -0.05) is 19.9 Å². The molecule has 0 bridgehead atoms. The first-order valence-electron chi connectivity index (χ1n) is 8.42. The molecule has 1 heterocycles. The quantitative estimate of drug-likeness (QED) is 0.837. The van der Waals surface area contributed by atoms with Crippen LogP contribution in [0.1, 0.15) is 38.8 Å². The third-order valence-electron chi connectivity index (χ3n) is 4.46. The second-order valence-electron chi connectivity index (χ2n) is 6.56. The fourth-order valence-corrected chi connectivity index (χ4v) is 3.27. The van der Waals surface area contributed by atoms with Crippen molar-refractivity contribution < 1.29 is 18.7 Å². The molecule has 1 saturated heterocycles. The van der Waals surface area contributed by atoms with E-state index in [1.807, 2.05) is 0 Å². The Balaban J connectivity index is 1.91. The molecule has 0 spiro atoms. The van der Waals surface area contributed by atoms with E-state index >= 15 is 0 Å². The molecule has 1 aromatic rings. The van der Waals surface area contributed by atoms with Crippen LogP contribution in [0.3, 0.4) is 0 Å². The van der Waals surface area contributed by atoms with Crippen LogP contribution in [-0.2, 0) is 4.74 Å². The summed E-state index contributed by atoms with van der Waals surface area (Å²) in [6.07, 6.45) is 1.12. The van der Waals surface area contributed by atoms with E-state index in [1.54, 1.807) is 19.1 Å². The van der Waals surface area contributed by atoms with Gasteiger partial charge in [0.1, 0.15) is 11.6 Å². The van der Waals surface area contributed by atoms with E-state index in [4.69, 9.17) is 9.47 Å². The van der Waals surface area contributed by atoms with Crippen LogP contribution in [0.2, 0.25) is 0 Å². The van der Waals surface area contributed by atoms with Crippen LogP contribution in [0.4, 0.5) is 9.18 Å². The van der Waals surface area contributed by atoms with Crippen LogP contribution < -0.4 is 15.4 Å². The van der Waals surface area contributed by atoms with E-state index in [2.05, 4.69) is 24.5 Å². The molecule has 3 atom stereocenters. The first-order chi connectivity index (χ1) is 11.4. The number of carbonyl (C=O) groups excluding carboxylic acids is 1. The van der Waals surface area contributed by atoms with Crippen LogP contribution >= 0.6 is 0 Å². The fraction of sp³-hybridized carbons (Fsp3) is 0.611. The number of urea groups is 1. The van der Waals surface area contributed by atoms with Gasteiger partial charge in [-0.05, 0) is 31.4 Å². The van der Waals surface area contributed by atoms with E-state index in [1.165, 1.54) is 13.2 Å². The topological polar surface area (TPSA) is 59.6 Å². The molecular weight excluding hydrogens is 311 g/mol. The maximum Gasteiger partial charge on any atom is 0.315 e. The number of halogens is 1. The second kappa shape index (κ2) is 8.33. The van der Waals surface area contributed by atoms with Gasteiger partial charge in [0.15, 0.2) is 0 Å². The molecule has 6 heteroatoms. The Morgan fingerprint density at radius 3 is 2.83 bits per heavy atom. The van der Waals surface area contributed by atoms with Crippen molar-refractivity contribution in [1.82, 2.24) is 10.6 Å². The molecular formula is C18H27FN2O3. The highest BCUT2D eigenvalue weighted by molar-refractivity contribution is 5.74. The fourth-order valence-electron chi connectivity index (χ4n) is 3.27. The van der Waals surface area contributed by atoms with Crippen molar-refractivity contribution >= 4 is 6.03 Å². The molecule has 0 saturated carbocycles. The summed E-state index contributed by atoms with van der Waals surface area (Å²) in [6, 6.07) is 3.80. The van der Waals surface area contributed by atoms with Gasteiger partial charge in [-0.2, -0.15) is 0 Å². The average molecular weight is 338 g/mol. The molecule has 1 fully saturated rings. The smallest absolute Gasteiger partial charge is 0.315 e. The number of methoxy groups -OCH3 is 1. The van der Waals surface area contributed by atoms with Crippen molar-refractivity contribution in [3.63, 3.8) is 0 Å². The van der Waals surface area contributed by atoms with Crippen LogP contribution in [0.15, 0.2) is 18.2 Å². The summed E-state index contributed by atoms with van der Waals surface area (Å²) in [7, 11) is 1.48. The summed E-state index contributed by atoms with van der Waals surface area (Å²) >= 11 is 0. The number of hydrogen-bond acceptors (Lipinski definition) is 3. The molecule has 2 N–H and O–H groups in total. The van der Waals surface area contributed by atoms with Gasteiger partial charge >= 0.3 is 6.03 Å². The van der Waals surface area contributed by atoms with Gasteiger partial charge in [-0.3, -0.25) is 0 Å². The first-order valence-corrected chi connectivity index (χ1v) is 8.42. The normalized spacial score (nSPS) is 21.6. The van der Waals surface area contributed by atoms with Gasteiger partial charge < -0.3 is 20.1 Å². The third-order valence-corrected chi connectivity index (χ3v) is 4.46. The largest absolute Gasteiger partial charge is 0.496 e. The number of carbonyl (C=O) groups is 1. The predicted molar refractivity (Wildman–Crippen MR) is 90.6 cm³/mol. The number of benzene rings is 1. The third kappa shape index (κ3) is 4.38. The number of ether oxygens (including phenoxy) is 2. The second-order valence-corrected chi connectivity index (χ2v) is 6.56. The number of rotatable bonds is 6. The average Bonchev–Trinajstić information content (AvgIpc) is 3.01. The molecule has 1 aromatic carbocycles. The van der Waals surface area contributed by atoms with Gasteiger partial charge in [0.2, 0.25) is 0 Å². The molecule has 5 nitrogen and oxygen atoms in total. The number of nitrogens with one attached hydrogen (secondary N) is 2. The Bertz CT molecular complexity index is 565. The van der Waals surface area contributed by atoms with Crippen LogP contribution in [0, 0.1) is 17.7 Å². The number of hydrogen-bond donors (Lipinski definition) is 2. The lowest BCUT2D eigenvalue weighted by Crippen LogP contribution is -2.41. The summed E-state index contributed by atoms with van der Waals surface area (Å²) in [5, 5.41) is 5.64. The highest BCUT2D eigenvalue weighted by Gasteiger charge is 2.30. The summed E-state index contributed by atoms with van der Waals surface area (Å²) in [5.74, 6) is 0.760. The Labute approximate surface area is 142 Å². The lowest BCUT2D eigenvalue weighted by molar-refractivity contribution is 0.0545. The minimum Gasteiger partial charge on any atom is -0.496 e. The van der Waals surface area contributed by atoms with Crippen LogP contribution in [-0.4, -0.2) is 32.4 Å². The molecule has 0 aliphatic carbocycles. The zero-order chi connectivity index (χ0) is 17.7.